The summed E-state index contributed by atoms with van der Waals surface area (Å²) in [7, 11) is -11.3. The first-order valence-corrected chi connectivity index (χ1v) is 28.4. The lowest BCUT2D eigenvalue weighted by molar-refractivity contribution is -0.186. The number of nitrogens with two attached hydrogens (primary N) is 1. The highest BCUT2D eigenvalue weighted by Gasteiger charge is 2.45. The largest absolute Gasteiger partial charge is 0.481 e. The van der Waals surface area contributed by atoms with Gasteiger partial charge in [-0.1, -0.05) is 134 Å². The minimum atomic E-state index is -5.72. The molecule has 23 heteroatoms. The number of phosphoric acid groups is 2. The van der Waals surface area contributed by atoms with Gasteiger partial charge in [-0.3, -0.25) is 28.0 Å². The molecule has 2 aliphatic rings. The predicted octanol–water partition coefficient (Wildman–Crippen LogP) is 6.81. The van der Waals surface area contributed by atoms with Crippen LogP contribution in [-0.4, -0.2) is 114 Å². The smallest absolute Gasteiger partial charge is 0.462 e. The fourth-order valence-electron chi connectivity index (χ4n) is 8.30. The third-order valence-electron chi connectivity index (χ3n) is 12.4. The number of ketones is 1. The van der Waals surface area contributed by atoms with Crippen molar-refractivity contribution in [2.45, 2.75) is 204 Å². The van der Waals surface area contributed by atoms with Gasteiger partial charge in [0.25, 0.3) is 0 Å². The quantitative estimate of drug-likeness (QED) is 0.0271. The van der Waals surface area contributed by atoms with Gasteiger partial charge in [0.2, 0.25) is 0 Å². The van der Waals surface area contributed by atoms with Crippen molar-refractivity contribution in [3.8, 4) is 0 Å². The molecule has 0 amide bonds. The Kier molecular flexibility index (Phi) is 29.4. The average molecular weight is 1050 g/mol. The molecule has 2 bridgehead atoms. The van der Waals surface area contributed by atoms with E-state index in [0.717, 1.165) is 55.7 Å². The number of anilines is 1. The van der Waals surface area contributed by atoms with Crippen LogP contribution in [-0.2, 0) is 51.1 Å². The van der Waals surface area contributed by atoms with E-state index < -0.39 is 120 Å². The maximum Gasteiger partial charge on any atom is 0.481 e. The number of rotatable bonds is 22. The molecular formula is C48H81N3O18P2. The lowest BCUT2D eigenvalue weighted by atomic mass is 9.83. The number of carbonyl (C=O) groups is 3. The van der Waals surface area contributed by atoms with Gasteiger partial charge in [-0.05, 0) is 38.2 Å². The number of hydrogen-bond acceptors (Lipinski definition) is 18. The molecule has 11 atom stereocenters. The van der Waals surface area contributed by atoms with Crippen molar-refractivity contribution in [3.05, 3.63) is 47.1 Å². The summed E-state index contributed by atoms with van der Waals surface area (Å²) < 4.78 is 58.9. The Morgan fingerprint density at radius 1 is 0.859 bits per heavy atom. The summed E-state index contributed by atoms with van der Waals surface area (Å²) in [6, 6.07) is 1.23. The highest BCUT2D eigenvalue weighted by atomic mass is 31.3. The molecule has 0 aromatic carbocycles. The van der Waals surface area contributed by atoms with Gasteiger partial charge in [-0.2, -0.15) is 9.29 Å². The summed E-state index contributed by atoms with van der Waals surface area (Å²) in [5.41, 5.74) is 4.74. The van der Waals surface area contributed by atoms with E-state index in [1.54, 1.807) is 12.2 Å². The average Bonchev–Trinajstić information content (AvgIpc) is 3.30. The number of aromatic nitrogens is 2. The van der Waals surface area contributed by atoms with Crippen molar-refractivity contribution in [3.63, 3.8) is 0 Å². The van der Waals surface area contributed by atoms with Crippen LogP contribution in [0.2, 0.25) is 0 Å². The molecular weight excluding hydrogens is 968 g/mol. The molecule has 1 fully saturated rings. The predicted molar refractivity (Wildman–Crippen MR) is 262 cm³/mol. The Balaban J connectivity index is 1.84. The molecule has 1 aromatic rings. The lowest BCUT2D eigenvalue weighted by Crippen LogP contribution is -2.51. The molecule has 3 heterocycles. The second-order valence-electron chi connectivity index (χ2n) is 18.5. The number of aliphatic hydroxyl groups is 4. The minimum Gasteiger partial charge on any atom is -0.462 e. The molecule has 0 radical (unpaired) electrons. The number of unbranched alkanes of at least 4 members (excludes halogenated alkanes) is 14. The summed E-state index contributed by atoms with van der Waals surface area (Å²) in [5, 5.41) is 45.7. The first-order chi connectivity index (χ1) is 33.9. The van der Waals surface area contributed by atoms with Gasteiger partial charge >= 0.3 is 33.3 Å². The van der Waals surface area contributed by atoms with Crippen LogP contribution >= 0.6 is 15.6 Å². The van der Waals surface area contributed by atoms with E-state index >= 15 is 0 Å². The summed E-state index contributed by atoms with van der Waals surface area (Å²) >= 11 is 0. The number of cyclic esters (lactones) is 1. The molecule has 0 spiro atoms. The van der Waals surface area contributed by atoms with Crippen LogP contribution in [0.1, 0.15) is 168 Å². The number of aliphatic hydroxyl groups excluding tert-OH is 4. The van der Waals surface area contributed by atoms with Crippen molar-refractivity contribution in [2.75, 3.05) is 25.6 Å². The zero-order chi connectivity index (χ0) is 52.2. The number of fused-ring (bicyclic) bond motifs is 3. The topological polar surface area (TPSA) is 323 Å². The van der Waals surface area contributed by atoms with E-state index in [9.17, 15) is 58.5 Å². The fraction of sp³-hybridized carbons (Fsp3) is 0.771. The van der Waals surface area contributed by atoms with Gasteiger partial charge in [0.05, 0.1) is 37.4 Å². The zero-order valence-corrected chi connectivity index (χ0v) is 43.3. The molecule has 2 aliphatic heterocycles. The Labute approximate surface area is 417 Å². The van der Waals surface area contributed by atoms with Crippen LogP contribution < -0.4 is 11.4 Å². The van der Waals surface area contributed by atoms with Crippen LogP contribution in [0.5, 0.6) is 0 Å². The number of nitrogens with zero attached hydrogens (tertiary/aromatic N) is 2. The van der Waals surface area contributed by atoms with E-state index in [2.05, 4.69) is 16.2 Å². The first kappa shape index (κ1) is 62.1. The van der Waals surface area contributed by atoms with Crippen LogP contribution in [0.15, 0.2) is 41.4 Å². The van der Waals surface area contributed by atoms with Crippen molar-refractivity contribution < 1.29 is 81.3 Å². The number of hydrogen-bond donors (Lipinski definition) is 7. The van der Waals surface area contributed by atoms with E-state index in [1.807, 2.05) is 6.92 Å². The molecule has 8 N–H and O–H groups in total. The van der Waals surface area contributed by atoms with Gasteiger partial charge in [-0.25, -0.2) is 13.9 Å². The standard InChI is InChI=1S/C48H81N3O18P2/c1-3-5-7-8-9-10-11-12-13-14-15-16-22-26-44(56)67-36-32-64-43(55)25-21-18-17-20-24-38-40(54)31-39(53)37(28-27-35(52)23-19-6-4-2)45(57)46(58)41(34-66-71(62,63)69-70(60,61)65-33-36)68-47(38)51-30-29-42(49)50-48(51)59/h17,20,27-30,35-38,40-41,45-47,52,54,57-58H,3-16,18-19,21-26,31-34H2,1-2H3,(H,60,61)(H,62,63)(H2,49,50,59)/b20-17-,28-27?/t35-,36+,37-,38-,40-,41+,45-,46+,47+/m0/s1. The Hall–Kier alpha value is -3.17. The molecule has 0 saturated carbocycles. The van der Waals surface area contributed by atoms with Gasteiger partial charge in [0.1, 0.15) is 36.6 Å². The van der Waals surface area contributed by atoms with Crippen molar-refractivity contribution >= 4 is 39.2 Å². The molecule has 1 saturated heterocycles. The first-order valence-electron chi connectivity index (χ1n) is 25.5. The number of Topliss-reactive ketones (excluding diaryl/α,β-unsaturated/α-hetero) is 1. The second kappa shape index (κ2) is 33.6. The van der Waals surface area contributed by atoms with Crippen molar-refractivity contribution in [1.29, 1.82) is 0 Å². The third-order valence-corrected chi connectivity index (χ3v) is 15.0. The van der Waals surface area contributed by atoms with Crippen LogP contribution in [0.25, 0.3) is 0 Å². The maximum atomic E-state index is 13.9. The monoisotopic (exact) mass is 1050 g/mol. The Bertz CT molecular complexity index is 1950. The lowest BCUT2D eigenvalue weighted by Gasteiger charge is -2.39. The molecule has 0 aliphatic carbocycles. The molecule has 3 rings (SSSR count). The Morgan fingerprint density at radius 2 is 1.46 bits per heavy atom. The molecule has 406 valence electrons. The van der Waals surface area contributed by atoms with Gasteiger partial charge < -0.3 is 50.2 Å². The fourth-order valence-corrected chi connectivity index (χ4v) is 10.4. The number of allylic oxidation sites excluding steroid dienone is 2. The molecule has 1 aromatic heterocycles. The number of nitrogen functional groups attached to an aromatic ring is 1. The summed E-state index contributed by atoms with van der Waals surface area (Å²) in [4.78, 5) is 78.0. The van der Waals surface area contributed by atoms with Crippen molar-refractivity contribution in [1.82, 2.24) is 9.55 Å². The van der Waals surface area contributed by atoms with Crippen LogP contribution in [0.4, 0.5) is 5.82 Å². The zero-order valence-electron chi connectivity index (χ0n) is 41.5. The SMILES string of the molecule is CCCCCCCCCCCCCCCC(=O)O[C@@H]1COC(=O)CCC/C=C\C[C@@H]2[C@H](n3ccc(N)nc3=O)O[C@H](COP(=O)(O)OP(=O)(O)OC1)[C@@H](O)[C@@H](O)[C@@H](C=C[C@@H](O)CCCCC)C(=O)C[C@@H]2O. The summed E-state index contributed by atoms with van der Waals surface area (Å²) in [6.45, 7) is 1.43. The number of ether oxygens (including phenoxy) is 3. The number of phosphoric ester groups is 2. The van der Waals surface area contributed by atoms with Crippen molar-refractivity contribution in [2.24, 2.45) is 11.8 Å². The highest BCUT2D eigenvalue weighted by Crippen LogP contribution is 2.60. The molecule has 21 nitrogen and oxygen atoms in total. The highest BCUT2D eigenvalue weighted by molar-refractivity contribution is 7.61. The second-order valence-corrected chi connectivity index (χ2v) is 21.5. The van der Waals surface area contributed by atoms with E-state index in [1.165, 1.54) is 63.2 Å². The summed E-state index contributed by atoms with van der Waals surface area (Å²) in [5.74, 6) is -5.22. The van der Waals surface area contributed by atoms with Gasteiger partial charge in [0.15, 0.2) is 6.10 Å². The molecule has 2 unspecified atom stereocenters. The van der Waals surface area contributed by atoms with Crippen LogP contribution in [0, 0.1) is 11.8 Å². The van der Waals surface area contributed by atoms with Gasteiger partial charge in [-0.15, -0.1) is 0 Å². The van der Waals surface area contributed by atoms with E-state index in [4.69, 9.17) is 29.0 Å². The number of esters is 2. The normalized spacial score (nSPS) is 30.0. The Morgan fingerprint density at radius 3 is 2.10 bits per heavy atom. The minimum absolute atomic E-state index is 0.000289. The summed E-state index contributed by atoms with van der Waals surface area (Å²) in [6.07, 6.45) is 11.5. The van der Waals surface area contributed by atoms with E-state index in [0.29, 0.717) is 19.3 Å². The van der Waals surface area contributed by atoms with Gasteiger partial charge in [0, 0.05) is 31.4 Å². The van der Waals surface area contributed by atoms with E-state index in [-0.39, 0.29) is 37.9 Å². The number of carbonyl (C=O) groups excluding carboxylic acids is 3. The third kappa shape index (κ3) is 24.6. The molecule has 71 heavy (non-hydrogen) atoms. The van der Waals surface area contributed by atoms with Crippen LogP contribution in [0.3, 0.4) is 0 Å². The maximum absolute atomic E-state index is 13.9.